The summed E-state index contributed by atoms with van der Waals surface area (Å²) in [6.45, 7) is 5.97. The minimum absolute atomic E-state index is 0.158. The van der Waals surface area contributed by atoms with E-state index in [1.165, 1.54) is 12.0 Å². The van der Waals surface area contributed by atoms with Gasteiger partial charge in [0.05, 0.1) is 31.1 Å². The molecule has 1 aliphatic carbocycles. The molecule has 0 unspecified atom stereocenters. The van der Waals surface area contributed by atoms with E-state index >= 15 is 0 Å². The molecule has 3 rings (SSSR count). The number of rotatable bonds is 5. The number of hydrogen-bond acceptors (Lipinski definition) is 4. The topological polar surface area (TPSA) is 67.5 Å². The van der Waals surface area contributed by atoms with E-state index in [4.69, 9.17) is 9.47 Å². The molecule has 0 radical (unpaired) electrons. The summed E-state index contributed by atoms with van der Waals surface area (Å²) in [7, 11) is 1.78. The number of nitrogens with one attached hydrogen (secondary N) is 1. The molecule has 6 nitrogen and oxygen atoms in total. The molecule has 3 atom stereocenters. The maximum atomic E-state index is 12.9. The van der Waals surface area contributed by atoms with Crippen molar-refractivity contribution in [2.75, 3.05) is 26.9 Å². The van der Waals surface area contributed by atoms with Gasteiger partial charge in [-0.05, 0) is 38.7 Å². The van der Waals surface area contributed by atoms with Gasteiger partial charge in [0.2, 0.25) is 5.91 Å². The van der Waals surface area contributed by atoms with Gasteiger partial charge in [-0.1, -0.05) is 6.42 Å². The monoisotopic (exact) mass is 335 g/mol. The number of amides is 1. The van der Waals surface area contributed by atoms with Crippen LogP contribution < -0.4 is 0 Å². The SMILES string of the molecule is CO[C@@H]1CCC[C@@H]1[C@H]1COCCN1C(=O)CCc1c(C)n[nH]c1C. The Balaban J connectivity index is 1.65. The predicted molar refractivity (Wildman–Crippen MR) is 90.8 cm³/mol. The molecule has 2 aliphatic rings. The van der Waals surface area contributed by atoms with Gasteiger partial charge in [-0.2, -0.15) is 5.10 Å². The fraction of sp³-hybridized carbons (Fsp3) is 0.778. The lowest BCUT2D eigenvalue weighted by atomic mass is 9.93. The van der Waals surface area contributed by atoms with Gasteiger partial charge < -0.3 is 14.4 Å². The first-order valence-corrected chi connectivity index (χ1v) is 9.02. The van der Waals surface area contributed by atoms with Crippen LogP contribution in [-0.2, 0) is 20.7 Å². The van der Waals surface area contributed by atoms with E-state index in [9.17, 15) is 4.79 Å². The summed E-state index contributed by atoms with van der Waals surface area (Å²) in [6.07, 6.45) is 4.92. The van der Waals surface area contributed by atoms with Crippen molar-refractivity contribution in [1.29, 1.82) is 0 Å². The lowest BCUT2D eigenvalue weighted by molar-refractivity contribution is -0.144. The number of ether oxygens (including phenoxy) is 2. The third-order valence-electron chi connectivity index (χ3n) is 5.66. The van der Waals surface area contributed by atoms with Gasteiger partial charge in [0.25, 0.3) is 0 Å². The molecule has 2 fully saturated rings. The Bertz CT molecular complexity index is 552. The van der Waals surface area contributed by atoms with E-state index in [1.54, 1.807) is 7.11 Å². The molecule has 0 spiro atoms. The second-order valence-electron chi connectivity index (χ2n) is 7.01. The molecular weight excluding hydrogens is 306 g/mol. The average molecular weight is 335 g/mol. The van der Waals surface area contributed by atoms with Crippen molar-refractivity contribution in [3.05, 3.63) is 17.0 Å². The molecular formula is C18H29N3O3. The predicted octanol–water partition coefficient (Wildman–Crippen LogP) is 2.00. The molecule has 1 aromatic rings. The number of aryl methyl sites for hydroxylation is 2. The minimum atomic E-state index is 0.158. The van der Waals surface area contributed by atoms with Gasteiger partial charge in [-0.15, -0.1) is 0 Å². The van der Waals surface area contributed by atoms with E-state index in [2.05, 4.69) is 15.1 Å². The molecule has 24 heavy (non-hydrogen) atoms. The first-order valence-electron chi connectivity index (χ1n) is 9.02. The minimum Gasteiger partial charge on any atom is -0.381 e. The number of hydrogen-bond donors (Lipinski definition) is 1. The van der Waals surface area contributed by atoms with Crippen molar-refractivity contribution < 1.29 is 14.3 Å². The smallest absolute Gasteiger partial charge is 0.223 e. The van der Waals surface area contributed by atoms with Crippen LogP contribution in [-0.4, -0.2) is 60.0 Å². The van der Waals surface area contributed by atoms with Crippen molar-refractivity contribution in [3.8, 4) is 0 Å². The first kappa shape index (κ1) is 17.4. The third-order valence-corrected chi connectivity index (χ3v) is 5.66. The second-order valence-corrected chi connectivity index (χ2v) is 7.01. The highest BCUT2D eigenvalue weighted by atomic mass is 16.5. The van der Waals surface area contributed by atoms with Crippen molar-refractivity contribution in [2.45, 2.75) is 58.1 Å². The summed E-state index contributed by atoms with van der Waals surface area (Å²) in [6, 6.07) is 0.158. The molecule has 1 aromatic heterocycles. The molecule has 1 N–H and O–H groups in total. The molecule has 2 heterocycles. The number of aromatic nitrogens is 2. The lowest BCUT2D eigenvalue weighted by Gasteiger charge is -2.40. The van der Waals surface area contributed by atoms with Gasteiger partial charge in [-0.25, -0.2) is 0 Å². The van der Waals surface area contributed by atoms with Crippen LogP contribution in [0.15, 0.2) is 0 Å². The Morgan fingerprint density at radius 3 is 2.96 bits per heavy atom. The van der Waals surface area contributed by atoms with Crippen LogP contribution >= 0.6 is 0 Å². The Morgan fingerprint density at radius 1 is 1.42 bits per heavy atom. The zero-order valence-electron chi connectivity index (χ0n) is 15.0. The highest BCUT2D eigenvalue weighted by Gasteiger charge is 2.40. The second kappa shape index (κ2) is 7.66. The quantitative estimate of drug-likeness (QED) is 0.894. The summed E-state index contributed by atoms with van der Waals surface area (Å²) in [5.41, 5.74) is 3.23. The van der Waals surface area contributed by atoms with Crippen molar-refractivity contribution >= 4 is 5.91 Å². The number of aromatic amines is 1. The highest BCUT2D eigenvalue weighted by Crippen LogP contribution is 2.34. The van der Waals surface area contributed by atoms with Gasteiger partial charge in [0.1, 0.15) is 0 Å². The number of carbonyl (C=O) groups excluding carboxylic acids is 1. The number of methoxy groups -OCH3 is 1. The Labute approximate surface area is 143 Å². The maximum absolute atomic E-state index is 12.9. The van der Waals surface area contributed by atoms with Crippen LogP contribution in [0.4, 0.5) is 0 Å². The van der Waals surface area contributed by atoms with Crippen molar-refractivity contribution in [3.63, 3.8) is 0 Å². The Morgan fingerprint density at radius 2 is 2.25 bits per heavy atom. The molecule has 0 aromatic carbocycles. The van der Waals surface area contributed by atoms with E-state index < -0.39 is 0 Å². The normalized spacial score (nSPS) is 27.6. The van der Waals surface area contributed by atoms with Crippen LogP contribution in [0.5, 0.6) is 0 Å². The van der Waals surface area contributed by atoms with Crippen molar-refractivity contribution in [2.24, 2.45) is 5.92 Å². The van der Waals surface area contributed by atoms with Crippen LogP contribution in [0.1, 0.15) is 42.6 Å². The fourth-order valence-electron chi connectivity index (χ4n) is 4.29. The van der Waals surface area contributed by atoms with Crippen LogP contribution in [0.3, 0.4) is 0 Å². The molecule has 1 amide bonds. The summed E-state index contributed by atoms with van der Waals surface area (Å²) >= 11 is 0. The molecule has 134 valence electrons. The molecule has 1 saturated heterocycles. The van der Waals surface area contributed by atoms with Gasteiger partial charge in [0.15, 0.2) is 0 Å². The standard InChI is InChI=1S/C18H29N3O3/c1-12-14(13(2)20-19-12)7-8-18(22)21-9-10-24-11-16(21)15-5-4-6-17(15)23-3/h15-17H,4-11H2,1-3H3,(H,19,20)/t15-,16-,17-/m1/s1. The van der Waals surface area contributed by atoms with E-state index in [1.807, 2.05) is 13.8 Å². The Kier molecular flexibility index (Phi) is 5.56. The average Bonchev–Trinajstić information content (AvgIpc) is 3.19. The van der Waals surface area contributed by atoms with E-state index in [-0.39, 0.29) is 18.1 Å². The zero-order chi connectivity index (χ0) is 17.1. The Hall–Kier alpha value is -1.40. The molecule has 1 saturated carbocycles. The van der Waals surface area contributed by atoms with Gasteiger partial charge in [0, 0.05) is 31.7 Å². The van der Waals surface area contributed by atoms with Gasteiger partial charge in [-0.3, -0.25) is 9.89 Å². The van der Waals surface area contributed by atoms with E-state index in [0.29, 0.717) is 32.1 Å². The number of morpholine rings is 1. The highest BCUT2D eigenvalue weighted by molar-refractivity contribution is 5.77. The van der Waals surface area contributed by atoms with Crippen LogP contribution in [0.2, 0.25) is 0 Å². The van der Waals surface area contributed by atoms with E-state index in [0.717, 1.165) is 30.7 Å². The lowest BCUT2D eigenvalue weighted by Crippen LogP contribution is -2.53. The summed E-state index contributed by atoms with van der Waals surface area (Å²) in [4.78, 5) is 14.9. The molecule has 0 bridgehead atoms. The van der Waals surface area contributed by atoms with Crippen LogP contribution in [0.25, 0.3) is 0 Å². The fourth-order valence-corrected chi connectivity index (χ4v) is 4.29. The van der Waals surface area contributed by atoms with Gasteiger partial charge >= 0.3 is 0 Å². The zero-order valence-corrected chi connectivity index (χ0v) is 15.0. The number of H-pyrrole nitrogens is 1. The molecule has 6 heteroatoms. The van der Waals surface area contributed by atoms with Crippen LogP contribution in [0, 0.1) is 19.8 Å². The summed E-state index contributed by atoms with van der Waals surface area (Å²) in [5, 5.41) is 7.21. The maximum Gasteiger partial charge on any atom is 0.223 e. The summed E-state index contributed by atoms with van der Waals surface area (Å²) in [5.74, 6) is 0.627. The third kappa shape index (κ3) is 3.49. The first-order chi connectivity index (χ1) is 11.6. The summed E-state index contributed by atoms with van der Waals surface area (Å²) < 4.78 is 11.3. The van der Waals surface area contributed by atoms with Crippen molar-refractivity contribution in [1.82, 2.24) is 15.1 Å². The number of carbonyl (C=O) groups is 1. The molecule has 1 aliphatic heterocycles. The largest absolute Gasteiger partial charge is 0.381 e. The number of nitrogens with zero attached hydrogens (tertiary/aromatic N) is 2.